The molecule has 0 fully saturated rings. The Hall–Kier alpha value is -1.77. The van der Waals surface area contributed by atoms with E-state index in [1.54, 1.807) is 12.1 Å². The summed E-state index contributed by atoms with van der Waals surface area (Å²) in [6, 6.07) is 3.32. The fraction of sp³-hybridized carbons (Fsp3) is 0.200. The summed E-state index contributed by atoms with van der Waals surface area (Å²) in [7, 11) is 0. The van der Waals surface area contributed by atoms with Gasteiger partial charge in [0.2, 0.25) is 17.5 Å². The minimum atomic E-state index is -4.92. The highest BCUT2D eigenvalue weighted by Gasteiger charge is 2.39. The maximum absolute atomic E-state index is 12.1. The van der Waals surface area contributed by atoms with Crippen molar-refractivity contribution in [1.82, 2.24) is 15.1 Å². The fourth-order valence-electron chi connectivity index (χ4n) is 1.21. The van der Waals surface area contributed by atoms with Gasteiger partial charge in [-0.25, -0.2) is 0 Å². The van der Waals surface area contributed by atoms with Crippen LogP contribution >= 0.6 is 15.9 Å². The van der Waals surface area contributed by atoms with Crippen molar-refractivity contribution in [2.75, 3.05) is 0 Å². The molecule has 2 aromatic heterocycles. The largest absolute Gasteiger partial charge is 0.450 e. The molecule has 0 aliphatic carbocycles. The van der Waals surface area contributed by atoms with Crippen molar-refractivity contribution >= 4 is 21.7 Å². The van der Waals surface area contributed by atoms with E-state index >= 15 is 0 Å². The lowest BCUT2D eigenvalue weighted by atomic mass is 10.3. The van der Waals surface area contributed by atoms with Crippen molar-refractivity contribution in [3.63, 3.8) is 0 Å². The van der Waals surface area contributed by atoms with Crippen molar-refractivity contribution in [2.24, 2.45) is 0 Å². The van der Waals surface area contributed by atoms with Crippen LogP contribution in [0, 0.1) is 0 Å². The van der Waals surface area contributed by atoms with Gasteiger partial charge in [-0.1, -0.05) is 5.16 Å². The highest BCUT2D eigenvalue weighted by atomic mass is 79.9. The van der Waals surface area contributed by atoms with Crippen LogP contribution in [0.4, 0.5) is 13.2 Å². The van der Waals surface area contributed by atoms with Crippen LogP contribution in [0.2, 0.25) is 0 Å². The summed E-state index contributed by atoms with van der Waals surface area (Å²) in [5.74, 6) is -2.34. The van der Waals surface area contributed by atoms with Crippen LogP contribution in [-0.2, 0) is 11.2 Å². The molecular formula is C10H5BrF3N3O2. The Morgan fingerprint density at radius 1 is 1.42 bits per heavy atom. The van der Waals surface area contributed by atoms with Crippen LogP contribution in [0.15, 0.2) is 27.3 Å². The SMILES string of the molecule is O=C(Cc1nc(-c2ncccc2Br)no1)C(F)(F)F. The zero-order chi connectivity index (χ0) is 14.0. The summed E-state index contributed by atoms with van der Waals surface area (Å²) in [6.07, 6.45) is -4.43. The molecule has 19 heavy (non-hydrogen) atoms. The molecule has 0 atom stereocenters. The molecule has 0 aliphatic heterocycles. The first-order valence-electron chi connectivity index (χ1n) is 4.91. The van der Waals surface area contributed by atoms with Crippen molar-refractivity contribution in [3.8, 4) is 11.5 Å². The van der Waals surface area contributed by atoms with E-state index in [4.69, 9.17) is 0 Å². The predicted molar refractivity (Wildman–Crippen MR) is 60.0 cm³/mol. The van der Waals surface area contributed by atoms with E-state index in [2.05, 4.69) is 35.6 Å². The Morgan fingerprint density at radius 2 is 2.16 bits per heavy atom. The molecule has 0 unspecified atom stereocenters. The number of carbonyl (C=O) groups is 1. The van der Waals surface area contributed by atoms with Gasteiger partial charge < -0.3 is 4.52 Å². The Balaban J connectivity index is 2.21. The third-order valence-electron chi connectivity index (χ3n) is 2.07. The van der Waals surface area contributed by atoms with Crippen LogP contribution < -0.4 is 0 Å². The second-order valence-electron chi connectivity index (χ2n) is 3.44. The average Bonchev–Trinajstić information content (AvgIpc) is 2.76. The summed E-state index contributed by atoms with van der Waals surface area (Å²) in [5, 5.41) is 3.48. The number of ketones is 1. The van der Waals surface area contributed by atoms with Crippen LogP contribution in [0.3, 0.4) is 0 Å². The monoisotopic (exact) mass is 335 g/mol. The zero-order valence-corrected chi connectivity index (χ0v) is 10.7. The number of nitrogens with zero attached hydrogens (tertiary/aromatic N) is 3. The van der Waals surface area contributed by atoms with Gasteiger partial charge in [-0.3, -0.25) is 9.78 Å². The smallest absolute Gasteiger partial charge is 0.338 e. The quantitative estimate of drug-likeness (QED) is 0.862. The number of rotatable bonds is 3. The number of alkyl halides is 3. The van der Waals surface area contributed by atoms with Gasteiger partial charge in [0.25, 0.3) is 0 Å². The predicted octanol–water partition coefficient (Wildman–Crippen LogP) is 2.57. The minimum Gasteiger partial charge on any atom is -0.338 e. The van der Waals surface area contributed by atoms with Gasteiger partial charge in [0.15, 0.2) is 0 Å². The van der Waals surface area contributed by atoms with Crippen molar-refractivity contribution in [3.05, 3.63) is 28.7 Å². The van der Waals surface area contributed by atoms with Crippen molar-refractivity contribution in [1.29, 1.82) is 0 Å². The molecule has 0 aromatic carbocycles. The first-order valence-corrected chi connectivity index (χ1v) is 5.70. The van der Waals surface area contributed by atoms with Gasteiger partial charge in [-0.05, 0) is 28.1 Å². The summed E-state index contributed by atoms with van der Waals surface area (Å²) in [4.78, 5) is 18.4. The fourth-order valence-corrected chi connectivity index (χ4v) is 1.64. The highest BCUT2D eigenvalue weighted by molar-refractivity contribution is 9.10. The highest BCUT2D eigenvalue weighted by Crippen LogP contribution is 2.24. The Labute approximate surface area is 113 Å². The maximum Gasteiger partial charge on any atom is 0.450 e. The van der Waals surface area contributed by atoms with E-state index in [-0.39, 0.29) is 5.82 Å². The molecule has 9 heteroatoms. The van der Waals surface area contributed by atoms with E-state index in [0.717, 1.165) is 0 Å². The lowest BCUT2D eigenvalue weighted by molar-refractivity contribution is -0.170. The molecular weight excluding hydrogens is 331 g/mol. The molecule has 2 heterocycles. The molecule has 0 aliphatic rings. The second-order valence-corrected chi connectivity index (χ2v) is 4.30. The normalized spacial score (nSPS) is 11.6. The van der Waals surface area contributed by atoms with E-state index in [1.807, 2.05) is 0 Å². The minimum absolute atomic E-state index is 0.0115. The summed E-state index contributed by atoms with van der Waals surface area (Å²) in [6.45, 7) is 0. The number of carbonyl (C=O) groups excluding carboxylic acids is 1. The number of hydrogen-bond acceptors (Lipinski definition) is 5. The molecule has 0 spiro atoms. The van der Waals surface area contributed by atoms with Crippen LogP contribution in [0.25, 0.3) is 11.5 Å². The molecule has 5 nitrogen and oxygen atoms in total. The third-order valence-corrected chi connectivity index (χ3v) is 2.71. The van der Waals surface area contributed by atoms with Crippen molar-refractivity contribution in [2.45, 2.75) is 12.6 Å². The Bertz CT molecular complexity index is 612. The first kappa shape index (κ1) is 13.7. The summed E-state index contributed by atoms with van der Waals surface area (Å²) >= 11 is 3.19. The van der Waals surface area contributed by atoms with Gasteiger partial charge in [0.05, 0.1) is 6.42 Å². The molecule has 0 saturated carbocycles. The molecule has 100 valence electrons. The molecule has 2 aromatic rings. The van der Waals surface area contributed by atoms with E-state index in [0.29, 0.717) is 10.2 Å². The van der Waals surface area contributed by atoms with E-state index < -0.39 is 24.3 Å². The molecule has 0 N–H and O–H groups in total. The van der Waals surface area contributed by atoms with E-state index in [9.17, 15) is 18.0 Å². The van der Waals surface area contributed by atoms with Crippen molar-refractivity contribution < 1.29 is 22.5 Å². The Kier molecular flexibility index (Phi) is 3.65. The second kappa shape index (κ2) is 5.08. The number of hydrogen-bond donors (Lipinski definition) is 0. The van der Waals surface area contributed by atoms with Gasteiger partial charge >= 0.3 is 6.18 Å². The Morgan fingerprint density at radius 3 is 2.79 bits per heavy atom. The van der Waals surface area contributed by atoms with E-state index in [1.165, 1.54) is 6.20 Å². The van der Waals surface area contributed by atoms with Crippen LogP contribution in [0.5, 0.6) is 0 Å². The van der Waals surface area contributed by atoms with Crippen LogP contribution in [-0.4, -0.2) is 27.1 Å². The molecule has 0 amide bonds. The van der Waals surface area contributed by atoms with Crippen LogP contribution in [0.1, 0.15) is 5.89 Å². The lowest BCUT2D eigenvalue weighted by Crippen LogP contribution is -2.24. The summed E-state index contributed by atoms with van der Waals surface area (Å²) < 4.78 is 41.4. The standard InChI is InChI=1S/C10H5BrF3N3O2/c11-5-2-1-3-15-8(5)9-16-7(19-17-9)4-6(18)10(12,13)14/h1-3H,4H2. The number of aromatic nitrogens is 3. The van der Waals surface area contributed by atoms with Gasteiger partial charge in [-0.15, -0.1) is 0 Å². The van der Waals surface area contributed by atoms with Gasteiger partial charge in [0.1, 0.15) is 5.69 Å². The summed E-state index contributed by atoms with van der Waals surface area (Å²) in [5.41, 5.74) is 0.317. The van der Waals surface area contributed by atoms with Gasteiger partial charge in [-0.2, -0.15) is 18.2 Å². The molecule has 0 radical (unpaired) electrons. The third kappa shape index (κ3) is 3.16. The number of Topliss-reactive ketones (excluding diaryl/α,β-unsaturated/α-hetero) is 1. The topological polar surface area (TPSA) is 68.9 Å². The number of halogens is 4. The maximum atomic E-state index is 12.1. The number of pyridine rings is 1. The molecule has 0 bridgehead atoms. The molecule has 2 rings (SSSR count). The van der Waals surface area contributed by atoms with Gasteiger partial charge in [0, 0.05) is 10.7 Å². The first-order chi connectivity index (χ1) is 8.88. The average molecular weight is 336 g/mol. The molecule has 0 saturated heterocycles. The lowest BCUT2D eigenvalue weighted by Gasteiger charge is -2.00. The zero-order valence-electron chi connectivity index (χ0n) is 9.11.